The topological polar surface area (TPSA) is 38.7 Å². The number of nitrogens with zero attached hydrogens (tertiary/aromatic N) is 1. The van der Waals surface area contributed by atoms with E-state index in [1.807, 2.05) is 60.7 Å². The Labute approximate surface area is 111 Å². The van der Waals surface area contributed by atoms with Gasteiger partial charge in [0.25, 0.3) is 0 Å². The van der Waals surface area contributed by atoms with Crippen LogP contribution in [0.25, 0.3) is 0 Å². The fraction of sp³-hybridized carbons (Fsp3) is 0.125. The highest BCUT2D eigenvalue weighted by Crippen LogP contribution is 2.33. The third kappa shape index (κ3) is 2.15. The average Bonchev–Trinajstić information content (AvgIpc) is 2.93. The van der Waals surface area contributed by atoms with Gasteiger partial charge in [-0.3, -0.25) is 0 Å². The zero-order chi connectivity index (χ0) is 13.1. The van der Waals surface area contributed by atoms with Crippen molar-refractivity contribution in [2.45, 2.75) is 6.10 Å². The van der Waals surface area contributed by atoms with E-state index in [0.717, 1.165) is 17.4 Å². The molecule has 0 fully saturated rings. The summed E-state index contributed by atoms with van der Waals surface area (Å²) in [5, 5.41) is 4.10. The largest absolute Gasteiger partial charge is 0.386 e. The predicted octanol–water partition coefficient (Wildman–Crippen LogP) is 2.98. The SMILES string of the molecule is O=C[C@@H]1C(c2ccccc2)=NO[C@H]1c1ccccc1. The van der Waals surface area contributed by atoms with Gasteiger partial charge < -0.3 is 9.63 Å². The van der Waals surface area contributed by atoms with Crippen LogP contribution < -0.4 is 0 Å². The summed E-state index contributed by atoms with van der Waals surface area (Å²) in [6, 6.07) is 19.4. The van der Waals surface area contributed by atoms with Gasteiger partial charge in [0.1, 0.15) is 17.9 Å². The van der Waals surface area contributed by atoms with Crippen molar-refractivity contribution in [2.24, 2.45) is 11.1 Å². The summed E-state index contributed by atoms with van der Waals surface area (Å²) in [6.45, 7) is 0. The summed E-state index contributed by atoms with van der Waals surface area (Å²) in [5.41, 5.74) is 2.59. The first-order chi connectivity index (χ1) is 9.40. The van der Waals surface area contributed by atoms with Crippen molar-refractivity contribution in [1.29, 1.82) is 0 Å². The van der Waals surface area contributed by atoms with E-state index in [1.165, 1.54) is 0 Å². The monoisotopic (exact) mass is 251 g/mol. The van der Waals surface area contributed by atoms with E-state index >= 15 is 0 Å². The Bertz CT molecular complexity index is 593. The van der Waals surface area contributed by atoms with Gasteiger partial charge in [-0.1, -0.05) is 65.8 Å². The van der Waals surface area contributed by atoms with Crippen molar-refractivity contribution >= 4 is 12.0 Å². The van der Waals surface area contributed by atoms with Gasteiger partial charge in [0.15, 0.2) is 6.10 Å². The molecule has 0 bridgehead atoms. The number of hydrogen-bond donors (Lipinski definition) is 0. The van der Waals surface area contributed by atoms with Crippen molar-refractivity contribution in [3.8, 4) is 0 Å². The molecular weight excluding hydrogens is 238 g/mol. The Morgan fingerprint density at radius 2 is 1.58 bits per heavy atom. The van der Waals surface area contributed by atoms with Crippen LogP contribution in [0.3, 0.4) is 0 Å². The van der Waals surface area contributed by atoms with E-state index in [1.54, 1.807) is 0 Å². The molecule has 0 saturated heterocycles. The van der Waals surface area contributed by atoms with Gasteiger partial charge >= 0.3 is 0 Å². The second kappa shape index (κ2) is 5.06. The van der Waals surface area contributed by atoms with Gasteiger partial charge in [-0.05, 0) is 5.56 Å². The third-order valence-corrected chi connectivity index (χ3v) is 3.25. The highest BCUT2D eigenvalue weighted by Gasteiger charge is 2.35. The molecule has 0 N–H and O–H groups in total. The van der Waals surface area contributed by atoms with E-state index in [4.69, 9.17) is 4.84 Å². The van der Waals surface area contributed by atoms with Gasteiger partial charge in [0.2, 0.25) is 0 Å². The summed E-state index contributed by atoms with van der Waals surface area (Å²) in [4.78, 5) is 16.9. The second-order valence-electron chi connectivity index (χ2n) is 4.44. The quantitative estimate of drug-likeness (QED) is 0.787. The fourth-order valence-electron chi connectivity index (χ4n) is 2.28. The van der Waals surface area contributed by atoms with Gasteiger partial charge in [0.05, 0.1) is 0 Å². The number of oxime groups is 1. The zero-order valence-electron chi connectivity index (χ0n) is 10.3. The van der Waals surface area contributed by atoms with Gasteiger partial charge in [-0.25, -0.2) is 0 Å². The Morgan fingerprint density at radius 1 is 0.947 bits per heavy atom. The lowest BCUT2D eigenvalue weighted by molar-refractivity contribution is -0.112. The molecule has 3 heteroatoms. The van der Waals surface area contributed by atoms with Crippen LogP contribution in [0.2, 0.25) is 0 Å². The first kappa shape index (κ1) is 11.7. The average molecular weight is 251 g/mol. The normalized spacial score (nSPS) is 21.6. The molecule has 0 aliphatic carbocycles. The third-order valence-electron chi connectivity index (χ3n) is 3.25. The molecule has 2 aromatic carbocycles. The Hall–Kier alpha value is -2.42. The Balaban J connectivity index is 1.92. The number of rotatable bonds is 3. The van der Waals surface area contributed by atoms with E-state index in [-0.39, 0.29) is 12.0 Å². The molecule has 0 radical (unpaired) electrons. The molecule has 1 heterocycles. The van der Waals surface area contributed by atoms with Crippen LogP contribution in [-0.4, -0.2) is 12.0 Å². The molecule has 1 aliphatic rings. The molecule has 2 aromatic rings. The molecule has 0 saturated carbocycles. The molecule has 19 heavy (non-hydrogen) atoms. The van der Waals surface area contributed by atoms with Gasteiger partial charge in [0, 0.05) is 5.56 Å². The predicted molar refractivity (Wildman–Crippen MR) is 72.8 cm³/mol. The lowest BCUT2D eigenvalue weighted by atomic mass is 9.90. The molecular formula is C16H13NO2. The fourth-order valence-corrected chi connectivity index (χ4v) is 2.28. The maximum Gasteiger partial charge on any atom is 0.167 e. The zero-order valence-corrected chi connectivity index (χ0v) is 10.3. The summed E-state index contributed by atoms with van der Waals surface area (Å²) < 4.78 is 0. The number of carbonyl (C=O) groups is 1. The number of aldehydes is 1. The lowest BCUT2D eigenvalue weighted by Crippen LogP contribution is -2.19. The summed E-state index contributed by atoms with van der Waals surface area (Å²) in [7, 11) is 0. The van der Waals surface area contributed by atoms with Crippen LogP contribution in [0, 0.1) is 5.92 Å². The minimum atomic E-state index is -0.357. The van der Waals surface area contributed by atoms with Crippen molar-refractivity contribution < 1.29 is 9.63 Å². The van der Waals surface area contributed by atoms with Crippen molar-refractivity contribution in [1.82, 2.24) is 0 Å². The van der Waals surface area contributed by atoms with Crippen LogP contribution in [-0.2, 0) is 9.63 Å². The first-order valence-electron chi connectivity index (χ1n) is 6.19. The van der Waals surface area contributed by atoms with Crippen LogP contribution in [0.5, 0.6) is 0 Å². The van der Waals surface area contributed by atoms with E-state index in [2.05, 4.69) is 5.16 Å². The van der Waals surface area contributed by atoms with E-state index in [9.17, 15) is 4.79 Å². The highest BCUT2D eigenvalue weighted by atomic mass is 16.6. The van der Waals surface area contributed by atoms with Crippen LogP contribution >= 0.6 is 0 Å². The Kier molecular flexibility index (Phi) is 3.11. The van der Waals surface area contributed by atoms with Crippen LogP contribution in [0.15, 0.2) is 65.8 Å². The summed E-state index contributed by atoms with van der Waals surface area (Å²) in [5.74, 6) is -0.357. The highest BCUT2D eigenvalue weighted by molar-refractivity contribution is 6.09. The molecule has 3 rings (SSSR count). The number of carbonyl (C=O) groups excluding carboxylic acids is 1. The summed E-state index contributed by atoms with van der Waals surface area (Å²) >= 11 is 0. The van der Waals surface area contributed by atoms with E-state index < -0.39 is 0 Å². The second-order valence-corrected chi connectivity index (χ2v) is 4.44. The molecule has 0 aromatic heterocycles. The minimum Gasteiger partial charge on any atom is -0.386 e. The molecule has 0 spiro atoms. The van der Waals surface area contributed by atoms with Crippen molar-refractivity contribution in [3.05, 3.63) is 71.8 Å². The molecule has 2 atom stereocenters. The lowest BCUT2D eigenvalue weighted by Gasteiger charge is -2.13. The van der Waals surface area contributed by atoms with Crippen molar-refractivity contribution in [3.63, 3.8) is 0 Å². The number of hydrogen-bond acceptors (Lipinski definition) is 3. The van der Waals surface area contributed by atoms with Crippen molar-refractivity contribution in [2.75, 3.05) is 0 Å². The van der Waals surface area contributed by atoms with E-state index in [0.29, 0.717) is 5.71 Å². The van der Waals surface area contributed by atoms with Gasteiger partial charge in [-0.2, -0.15) is 0 Å². The standard InChI is InChI=1S/C16H13NO2/c18-11-14-15(12-7-3-1-4-8-12)17-19-16(14)13-9-5-2-6-10-13/h1-11,14,16H/t14-,16+/m1/s1. The molecule has 0 unspecified atom stereocenters. The molecule has 3 nitrogen and oxygen atoms in total. The maximum absolute atomic E-state index is 11.4. The van der Waals surface area contributed by atoms with Crippen LogP contribution in [0.4, 0.5) is 0 Å². The maximum atomic E-state index is 11.4. The molecule has 1 aliphatic heterocycles. The van der Waals surface area contributed by atoms with Gasteiger partial charge in [-0.15, -0.1) is 0 Å². The molecule has 94 valence electrons. The smallest absolute Gasteiger partial charge is 0.167 e. The molecule has 0 amide bonds. The Morgan fingerprint density at radius 3 is 2.21 bits per heavy atom. The minimum absolute atomic E-state index is 0.325. The summed E-state index contributed by atoms with van der Waals surface area (Å²) in [6.07, 6.45) is 0.588. The van der Waals surface area contributed by atoms with Crippen LogP contribution in [0.1, 0.15) is 17.2 Å². The number of benzene rings is 2. The first-order valence-corrected chi connectivity index (χ1v) is 6.19.